The van der Waals surface area contributed by atoms with Gasteiger partial charge in [0.05, 0.1) is 40.6 Å². The standard InChI is InChI=1S/C22H18FN3O6/c1-2-12-13-7-11(26(30)31)3-4-17(13)24-19-14(12)9-25-18(19)8-16-15(20(25)27)10-32-21(28)22(16,29)5-6-23/h3-4,7-8,29H,2,5-6,9-10H2,1H3. The number of pyridine rings is 2. The highest BCUT2D eigenvalue weighted by Gasteiger charge is 2.46. The number of benzene rings is 1. The van der Waals surface area contributed by atoms with Gasteiger partial charge in [0, 0.05) is 35.1 Å². The van der Waals surface area contributed by atoms with Crippen LogP contribution in [0.2, 0.25) is 0 Å². The molecule has 0 amide bonds. The third-order valence-electron chi connectivity index (χ3n) is 6.30. The number of non-ortho nitro benzene ring substituents is 1. The van der Waals surface area contributed by atoms with Gasteiger partial charge >= 0.3 is 5.97 Å². The van der Waals surface area contributed by atoms with Crippen molar-refractivity contribution in [2.45, 2.75) is 38.5 Å². The number of nitro groups is 1. The summed E-state index contributed by atoms with van der Waals surface area (Å²) in [5.41, 5.74) is 0.432. The van der Waals surface area contributed by atoms with E-state index >= 15 is 0 Å². The molecule has 0 aliphatic carbocycles. The third kappa shape index (κ3) is 2.62. The second kappa shape index (κ2) is 6.92. The molecule has 2 aliphatic heterocycles. The molecular formula is C22H18FN3O6. The minimum absolute atomic E-state index is 0.0409. The van der Waals surface area contributed by atoms with Gasteiger partial charge in [-0.1, -0.05) is 6.92 Å². The quantitative estimate of drug-likeness (QED) is 0.294. The van der Waals surface area contributed by atoms with E-state index in [-0.39, 0.29) is 30.0 Å². The maximum absolute atomic E-state index is 13.3. The summed E-state index contributed by atoms with van der Waals surface area (Å²) in [4.78, 5) is 41.0. The zero-order valence-electron chi connectivity index (χ0n) is 17.1. The fraction of sp³-hybridized carbons (Fsp3) is 0.318. The highest BCUT2D eigenvalue weighted by Crippen LogP contribution is 2.40. The second-order valence-corrected chi connectivity index (χ2v) is 7.92. The Morgan fingerprint density at radius 2 is 2.09 bits per heavy atom. The zero-order valence-corrected chi connectivity index (χ0v) is 17.1. The second-order valence-electron chi connectivity index (χ2n) is 7.92. The number of alkyl halides is 1. The number of halogens is 1. The molecule has 5 rings (SSSR count). The van der Waals surface area contributed by atoms with Crippen LogP contribution in [-0.4, -0.2) is 32.2 Å². The van der Waals surface area contributed by atoms with Crippen LogP contribution in [0.4, 0.5) is 10.1 Å². The van der Waals surface area contributed by atoms with Crippen molar-refractivity contribution in [2.24, 2.45) is 0 Å². The van der Waals surface area contributed by atoms with Crippen molar-refractivity contribution in [3.05, 3.63) is 67.0 Å². The first-order valence-corrected chi connectivity index (χ1v) is 10.1. The molecule has 1 N–H and O–H groups in total. The summed E-state index contributed by atoms with van der Waals surface area (Å²) >= 11 is 0. The normalized spacial score (nSPS) is 18.8. The number of nitrogens with zero attached hydrogens (tertiary/aromatic N) is 3. The first-order chi connectivity index (χ1) is 15.3. The lowest BCUT2D eigenvalue weighted by atomic mass is 9.85. The first-order valence-electron chi connectivity index (χ1n) is 10.1. The Balaban J connectivity index is 1.79. The molecule has 0 saturated heterocycles. The van der Waals surface area contributed by atoms with E-state index in [1.54, 1.807) is 6.07 Å². The summed E-state index contributed by atoms with van der Waals surface area (Å²) in [6.45, 7) is 0.834. The van der Waals surface area contributed by atoms with Crippen molar-refractivity contribution in [3.8, 4) is 11.4 Å². The van der Waals surface area contributed by atoms with Gasteiger partial charge in [-0.3, -0.25) is 19.3 Å². The Morgan fingerprint density at radius 3 is 2.78 bits per heavy atom. The van der Waals surface area contributed by atoms with Gasteiger partial charge in [-0.2, -0.15) is 0 Å². The lowest BCUT2D eigenvalue weighted by Crippen LogP contribution is -2.45. The Kier molecular flexibility index (Phi) is 4.38. The molecule has 9 nitrogen and oxygen atoms in total. The lowest BCUT2D eigenvalue weighted by molar-refractivity contribution is -0.384. The van der Waals surface area contributed by atoms with Crippen molar-refractivity contribution < 1.29 is 24.0 Å². The van der Waals surface area contributed by atoms with Gasteiger partial charge in [-0.15, -0.1) is 0 Å². The predicted octanol–water partition coefficient (Wildman–Crippen LogP) is 2.50. The summed E-state index contributed by atoms with van der Waals surface area (Å²) in [5, 5.41) is 22.8. The number of carbonyl (C=O) groups excluding carboxylic acids is 1. The van der Waals surface area contributed by atoms with Crippen LogP contribution in [-0.2, 0) is 34.7 Å². The van der Waals surface area contributed by atoms with Crippen molar-refractivity contribution in [1.29, 1.82) is 0 Å². The van der Waals surface area contributed by atoms with Crippen LogP contribution in [0.5, 0.6) is 0 Å². The highest BCUT2D eigenvalue weighted by molar-refractivity contribution is 5.90. The molecule has 0 radical (unpaired) electrons. The average molecular weight is 439 g/mol. The molecule has 32 heavy (non-hydrogen) atoms. The number of hydrogen-bond donors (Lipinski definition) is 1. The summed E-state index contributed by atoms with van der Waals surface area (Å²) in [6.07, 6.45) is 0.0297. The monoisotopic (exact) mass is 439 g/mol. The Labute approximate surface area is 180 Å². The average Bonchev–Trinajstić information content (AvgIpc) is 3.13. The summed E-state index contributed by atoms with van der Waals surface area (Å²) in [5.74, 6) is -0.988. The lowest BCUT2D eigenvalue weighted by Gasteiger charge is -2.31. The molecule has 4 heterocycles. The van der Waals surface area contributed by atoms with Crippen LogP contribution in [0, 0.1) is 10.1 Å². The van der Waals surface area contributed by atoms with E-state index in [1.807, 2.05) is 6.92 Å². The van der Waals surface area contributed by atoms with Gasteiger partial charge < -0.3 is 14.4 Å². The minimum Gasteiger partial charge on any atom is -0.458 e. The largest absolute Gasteiger partial charge is 0.458 e. The van der Waals surface area contributed by atoms with E-state index in [0.29, 0.717) is 28.7 Å². The van der Waals surface area contributed by atoms with Gasteiger partial charge in [0.25, 0.3) is 11.2 Å². The van der Waals surface area contributed by atoms with Gasteiger partial charge in [0.1, 0.15) is 6.61 Å². The molecule has 10 heteroatoms. The SMILES string of the molecule is CCc1c2c(nc3ccc([N+](=O)[O-])cc13)-c1cc3c(c(=O)n1C2)COC(=O)C3(O)CCF. The molecule has 0 bridgehead atoms. The molecule has 1 atom stereocenters. The predicted molar refractivity (Wildman–Crippen MR) is 111 cm³/mol. The molecule has 2 aromatic heterocycles. The van der Waals surface area contributed by atoms with E-state index in [2.05, 4.69) is 4.98 Å². The Hall–Kier alpha value is -3.66. The fourth-order valence-corrected chi connectivity index (χ4v) is 4.71. The number of ether oxygens (including phenoxy) is 1. The van der Waals surface area contributed by atoms with Crippen LogP contribution in [0.1, 0.15) is 35.6 Å². The highest BCUT2D eigenvalue weighted by atomic mass is 19.1. The minimum atomic E-state index is -2.25. The number of fused-ring (bicyclic) bond motifs is 5. The number of hydrogen-bond acceptors (Lipinski definition) is 7. The number of aromatic nitrogens is 2. The van der Waals surface area contributed by atoms with Crippen molar-refractivity contribution in [1.82, 2.24) is 9.55 Å². The number of cyclic esters (lactones) is 1. The molecule has 1 unspecified atom stereocenters. The molecule has 3 aromatic rings. The molecule has 164 valence electrons. The number of nitro benzene ring substituents is 1. The van der Waals surface area contributed by atoms with Crippen LogP contribution in [0.15, 0.2) is 29.1 Å². The molecule has 1 aromatic carbocycles. The number of aliphatic hydroxyl groups is 1. The van der Waals surface area contributed by atoms with Gasteiger partial charge in [0.15, 0.2) is 5.60 Å². The first kappa shape index (κ1) is 20.3. The Morgan fingerprint density at radius 1 is 1.31 bits per heavy atom. The van der Waals surface area contributed by atoms with Crippen molar-refractivity contribution in [3.63, 3.8) is 0 Å². The molecular weight excluding hydrogens is 421 g/mol. The number of esters is 1. The zero-order chi connectivity index (χ0) is 22.8. The van der Waals surface area contributed by atoms with E-state index in [9.17, 15) is 29.2 Å². The van der Waals surface area contributed by atoms with E-state index in [0.717, 1.165) is 11.1 Å². The molecule has 0 saturated carbocycles. The maximum atomic E-state index is 13.3. The number of aryl methyl sites for hydroxylation is 1. The van der Waals surface area contributed by atoms with E-state index < -0.39 is 35.1 Å². The van der Waals surface area contributed by atoms with E-state index in [1.165, 1.54) is 22.8 Å². The van der Waals surface area contributed by atoms with E-state index in [4.69, 9.17) is 4.74 Å². The summed E-state index contributed by atoms with van der Waals surface area (Å²) < 4.78 is 19.6. The fourth-order valence-electron chi connectivity index (χ4n) is 4.71. The van der Waals surface area contributed by atoms with Crippen molar-refractivity contribution in [2.75, 3.05) is 6.67 Å². The van der Waals surface area contributed by atoms with Crippen LogP contribution < -0.4 is 5.56 Å². The Bertz CT molecular complexity index is 1400. The molecule has 0 fully saturated rings. The smallest absolute Gasteiger partial charge is 0.343 e. The van der Waals surface area contributed by atoms with Gasteiger partial charge in [0.2, 0.25) is 0 Å². The van der Waals surface area contributed by atoms with Gasteiger partial charge in [-0.05, 0) is 24.1 Å². The maximum Gasteiger partial charge on any atom is 0.343 e. The number of carbonyl (C=O) groups is 1. The topological polar surface area (TPSA) is 125 Å². The number of rotatable bonds is 4. The summed E-state index contributed by atoms with van der Waals surface area (Å²) in [7, 11) is 0. The van der Waals surface area contributed by atoms with Crippen LogP contribution >= 0.6 is 0 Å². The molecule has 2 aliphatic rings. The van der Waals surface area contributed by atoms with Crippen LogP contribution in [0.25, 0.3) is 22.3 Å². The van der Waals surface area contributed by atoms with Crippen LogP contribution in [0.3, 0.4) is 0 Å². The summed E-state index contributed by atoms with van der Waals surface area (Å²) in [6, 6.07) is 5.92. The van der Waals surface area contributed by atoms with Crippen molar-refractivity contribution >= 4 is 22.6 Å². The third-order valence-corrected chi connectivity index (χ3v) is 6.30. The molecule has 0 spiro atoms. The van der Waals surface area contributed by atoms with Gasteiger partial charge in [-0.25, -0.2) is 9.78 Å².